The predicted octanol–water partition coefficient (Wildman–Crippen LogP) is 2.28. The third kappa shape index (κ3) is 5.42. The Balaban J connectivity index is 1.45. The highest BCUT2D eigenvalue weighted by molar-refractivity contribution is 5.79. The average Bonchev–Trinajstić information content (AvgIpc) is 3.19. The van der Waals surface area contributed by atoms with Crippen molar-refractivity contribution in [3.63, 3.8) is 0 Å². The van der Waals surface area contributed by atoms with Gasteiger partial charge in [-0.2, -0.15) is 0 Å². The van der Waals surface area contributed by atoms with E-state index < -0.39 is 0 Å². The van der Waals surface area contributed by atoms with Gasteiger partial charge in [0.05, 0.1) is 12.3 Å². The minimum atomic E-state index is 0.116. The second-order valence-electron chi connectivity index (χ2n) is 9.05. The van der Waals surface area contributed by atoms with Crippen LogP contribution >= 0.6 is 0 Å². The molecule has 2 aromatic heterocycles. The third-order valence-electron chi connectivity index (χ3n) is 6.49. The fourth-order valence-electron chi connectivity index (χ4n) is 4.58. The van der Waals surface area contributed by atoms with Gasteiger partial charge in [0, 0.05) is 77.6 Å². The van der Waals surface area contributed by atoms with Gasteiger partial charge in [0.25, 0.3) is 0 Å². The van der Waals surface area contributed by atoms with Gasteiger partial charge in [-0.25, -0.2) is 9.97 Å². The highest BCUT2D eigenvalue weighted by Crippen LogP contribution is 2.32. The van der Waals surface area contributed by atoms with Crippen LogP contribution < -0.4 is 4.90 Å². The topological polar surface area (TPSA) is 74.7 Å². The summed E-state index contributed by atoms with van der Waals surface area (Å²) >= 11 is 0. The lowest BCUT2D eigenvalue weighted by atomic mass is 9.95. The van der Waals surface area contributed by atoms with E-state index in [1.54, 1.807) is 7.11 Å². The summed E-state index contributed by atoms with van der Waals surface area (Å²) in [5.41, 5.74) is 2.24. The Bertz CT molecular complexity index is 899. The molecule has 2 aromatic rings. The van der Waals surface area contributed by atoms with Gasteiger partial charge >= 0.3 is 0 Å². The molecular weight excluding hydrogens is 404 g/mol. The highest BCUT2D eigenvalue weighted by Gasteiger charge is 2.33. The van der Waals surface area contributed by atoms with Gasteiger partial charge in [-0.15, -0.1) is 0 Å². The van der Waals surface area contributed by atoms with Gasteiger partial charge in [-0.05, 0) is 37.6 Å². The van der Waals surface area contributed by atoms with Crippen molar-refractivity contribution in [2.75, 3.05) is 58.9 Å². The number of likely N-dealkylation sites (tertiary alicyclic amines) is 2. The molecule has 0 bridgehead atoms. The van der Waals surface area contributed by atoms with E-state index in [4.69, 9.17) is 14.7 Å². The molecule has 2 aliphatic heterocycles. The average molecular weight is 439 g/mol. The van der Waals surface area contributed by atoms with Crippen molar-refractivity contribution >= 4 is 11.7 Å². The third-order valence-corrected chi connectivity index (χ3v) is 6.49. The van der Waals surface area contributed by atoms with Gasteiger partial charge in [0.15, 0.2) is 0 Å². The van der Waals surface area contributed by atoms with Crippen molar-refractivity contribution < 1.29 is 9.53 Å². The second-order valence-corrected chi connectivity index (χ2v) is 9.05. The van der Waals surface area contributed by atoms with Gasteiger partial charge in [-0.3, -0.25) is 14.7 Å². The molecule has 172 valence electrons. The summed E-state index contributed by atoms with van der Waals surface area (Å²) < 4.78 is 5.15. The molecule has 32 heavy (non-hydrogen) atoms. The summed E-state index contributed by atoms with van der Waals surface area (Å²) in [5, 5.41) is 0. The first-order chi connectivity index (χ1) is 15.5. The number of aromatic nitrogens is 3. The zero-order chi connectivity index (χ0) is 22.5. The Morgan fingerprint density at radius 1 is 1.19 bits per heavy atom. The maximum Gasteiger partial charge on any atom is 0.223 e. The van der Waals surface area contributed by atoms with E-state index in [0.717, 1.165) is 49.8 Å². The molecule has 1 amide bonds. The Hall–Kier alpha value is -2.58. The number of amides is 1. The number of piperidine rings is 1. The fourth-order valence-corrected chi connectivity index (χ4v) is 4.58. The van der Waals surface area contributed by atoms with Crippen LogP contribution in [0.15, 0.2) is 30.6 Å². The number of hydrogen-bond donors (Lipinski definition) is 0. The summed E-state index contributed by atoms with van der Waals surface area (Å²) in [6.07, 6.45) is 6.36. The number of methoxy groups -OCH3 is 1. The normalized spacial score (nSPS) is 20.2. The molecule has 0 aromatic carbocycles. The van der Waals surface area contributed by atoms with Crippen LogP contribution in [0.2, 0.25) is 0 Å². The monoisotopic (exact) mass is 438 g/mol. The maximum absolute atomic E-state index is 12.5. The Morgan fingerprint density at radius 2 is 2.00 bits per heavy atom. The number of ether oxygens (including phenoxy) is 1. The molecule has 0 unspecified atom stereocenters. The van der Waals surface area contributed by atoms with Crippen LogP contribution in [0.3, 0.4) is 0 Å². The van der Waals surface area contributed by atoms with Crippen molar-refractivity contribution in [3.8, 4) is 0 Å². The van der Waals surface area contributed by atoms with Crippen LogP contribution in [0, 0.1) is 0 Å². The molecule has 2 saturated heterocycles. The molecule has 0 N–H and O–H groups in total. The minimum absolute atomic E-state index is 0.116. The Labute approximate surface area is 190 Å². The van der Waals surface area contributed by atoms with Gasteiger partial charge in [-0.1, -0.05) is 6.07 Å². The smallest absolute Gasteiger partial charge is 0.223 e. The predicted molar refractivity (Wildman–Crippen MR) is 124 cm³/mol. The first-order valence-electron chi connectivity index (χ1n) is 11.5. The molecular formula is C24H34N6O2. The van der Waals surface area contributed by atoms with Gasteiger partial charge in [0.1, 0.15) is 11.6 Å². The zero-order valence-corrected chi connectivity index (χ0v) is 19.4. The summed E-state index contributed by atoms with van der Waals surface area (Å²) in [4.78, 5) is 33.0. The molecule has 2 fully saturated rings. The van der Waals surface area contributed by atoms with E-state index in [1.807, 2.05) is 42.4 Å². The van der Waals surface area contributed by atoms with Crippen LogP contribution in [-0.2, 0) is 16.1 Å². The van der Waals surface area contributed by atoms with E-state index in [1.165, 1.54) is 5.56 Å². The summed E-state index contributed by atoms with van der Waals surface area (Å²) in [6.45, 7) is 4.89. The van der Waals surface area contributed by atoms with Gasteiger partial charge < -0.3 is 14.5 Å². The highest BCUT2D eigenvalue weighted by atomic mass is 16.5. The number of hydrogen-bond acceptors (Lipinski definition) is 7. The van der Waals surface area contributed by atoms with Crippen molar-refractivity contribution in [2.45, 2.75) is 37.6 Å². The van der Waals surface area contributed by atoms with Gasteiger partial charge in [0.2, 0.25) is 5.91 Å². The molecule has 0 spiro atoms. The first-order valence-corrected chi connectivity index (χ1v) is 11.5. The van der Waals surface area contributed by atoms with Crippen LogP contribution in [0.1, 0.15) is 48.2 Å². The van der Waals surface area contributed by atoms with Crippen molar-refractivity contribution in [1.82, 2.24) is 24.8 Å². The maximum atomic E-state index is 12.5. The zero-order valence-electron chi connectivity index (χ0n) is 19.4. The van der Waals surface area contributed by atoms with Crippen LogP contribution in [0.4, 0.5) is 5.82 Å². The molecule has 8 heteroatoms. The van der Waals surface area contributed by atoms with E-state index in [9.17, 15) is 4.79 Å². The Kier molecular flexibility index (Phi) is 7.32. The van der Waals surface area contributed by atoms with Crippen LogP contribution in [-0.4, -0.2) is 84.6 Å². The SMILES string of the molecule is COCCN1C[C@@H](c2cc(N(C)C)nc(C3CCN(Cc4cccnc4)CC3)n2)CC1=O. The molecule has 4 rings (SSSR count). The molecule has 1 atom stereocenters. The summed E-state index contributed by atoms with van der Waals surface area (Å²) in [5.74, 6) is 2.49. The van der Waals surface area contributed by atoms with Crippen molar-refractivity contribution in [2.24, 2.45) is 0 Å². The summed E-state index contributed by atoms with van der Waals surface area (Å²) in [7, 11) is 5.69. The standard InChI is InChI=1S/C24H34N6O2/c1-28(2)22-14-21(20-13-23(31)30(17-20)11-12-32-3)26-24(27-22)19-6-9-29(10-7-19)16-18-5-4-8-25-15-18/h4-5,8,14-15,19-20H,6-7,9-13,16-17H2,1-3H3/t20-/m0/s1. The van der Waals surface area contributed by atoms with Crippen LogP contribution in [0.5, 0.6) is 0 Å². The molecule has 0 aliphatic carbocycles. The summed E-state index contributed by atoms with van der Waals surface area (Å²) in [6, 6.07) is 6.18. The lowest BCUT2D eigenvalue weighted by molar-refractivity contribution is -0.128. The molecule has 8 nitrogen and oxygen atoms in total. The number of carbonyl (C=O) groups excluding carboxylic acids is 1. The lowest BCUT2D eigenvalue weighted by Gasteiger charge is -2.31. The molecule has 0 radical (unpaired) electrons. The molecule has 4 heterocycles. The number of anilines is 1. The minimum Gasteiger partial charge on any atom is -0.383 e. The largest absolute Gasteiger partial charge is 0.383 e. The lowest BCUT2D eigenvalue weighted by Crippen LogP contribution is -2.33. The van der Waals surface area contributed by atoms with E-state index >= 15 is 0 Å². The van der Waals surface area contributed by atoms with Crippen LogP contribution in [0.25, 0.3) is 0 Å². The number of pyridine rings is 1. The molecule has 0 saturated carbocycles. The number of nitrogens with zero attached hydrogens (tertiary/aromatic N) is 6. The van der Waals surface area contributed by atoms with E-state index in [2.05, 4.69) is 22.0 Å². The Morgan fingerprint density at radius 3 is 2.69 bits per heavy atom. The van der Waals surface area contributed by atoms with E-state index in [-0.39, 0.29) is 11.8 Å². The number of rotatable bonds is 8. The quantitative estimate of drug-likeness (QED) is 0.626. The second kappa shape index (κ2) is 10.4. The first kappa shape index (κ1) is 22.6. The van der Waals surface area contributed by atoms with Crippen molar-refractivity contribution in [3.05, 3.63) is 47.7 Å². The van der Waals surface area contributed by atoms with Crippen molar-refractivity contribution in [1.29, 1.82) is 0 Å². The van der Waals surface area contributed by atoms with E-state index in [0.29, 0.717) is 32.0 Å². The number of carbonyl (C=O) groups is 1. The fraction of sp³-hybridized carbons (Fsp3) is 0.583. The molecule has 2 aliphatic rings.